The molecule has 27 heavy (non-hydrogen) atoms. The van der Waals surface area contributed by atoms with Crippen LogP contribution in [-0.2, 0) is 9.53 Å². The van der Waals surface area contributed by atoms with Crippen molar-refractivity contribution in [2.45, 2.75) is 6.92 Å². The van der Waals surface area contributed by atoms with Crippen molar-refractivity contribution >= 4 is 17.7 Å². The molecule has 0 atom stereocenters. The van der Waals surface area contributed by atoms with E-state index in [2.05, 4.69) is 10.4 Å². The summed E-state index contributed by atoms with van der Waals surface area (Å²) in [6.07, 6.45) is 0. The number of aromatic nitrogens is 2. The molecule has 3 rings (SSSR count). The minimum atomic E-state index is -0.812. The fourth-order valence-corrected chi connectivity index (χ4v) is 2.38. The molecule has 0 bridgehead atoms. The number of carbonyl (C=O) groups is 2. The van der Waals surface area contributed by atoms with E-state index in [9.17, 15) is 18.4 Å². The number of esters is 1. The largest absolute Gasteiger partial charge is 0.452 e. The molecule has 0 unspecified atom stereocenters. The number of anilines is 1. The Morgan fingerprint density at radius 1 is 1.07 bits per heavy atom. The van der Waals surface area contributed by atoms with Crippen molar-refractivity contribution in [1.29, 1.82) is 0 Å². The number of aryl methyl sites for hydroxylation is 1. The zero-order chi connectivity index (χ0) is 19.4. The minimum Gasteiger partial charge on any atom is -0.452 e. The fourth-order valence-electron chi connectivity index (χ4n) is 2.38. The first kappa shape index (κ1) is 18.2. The number of ether oxygens (including phenoxy) is 1. The predicted octanol–water partition coefficient (Wildman–Crippen LogP) is 3.25. The Morgan fingerprint density at radius 3 is 2.52 bits per heavy atom. The van der Waals surface area contributed by atoms with Gasteiger partial charge in [0.1, 0.15) is 17.5 Å². The van der Waals surface area contributed by atoms with Gasteiger partial charge in [-0.1, -0.05) is 6.07 Å². The standard InChI is InChI=1S/C19H15F2N3O3/c1-12-9-17(24(23-12)16-7-5-14(20)6-8-16)22-18(25)11-27-19(26)13-3-2-4-15(21)10-13/h2-10H,11H2,1H3,(H,22,25). The van der Waals surface area contributed by atoms with Gasteiger partial charge in [0.05, 0.1) is 16.9 Å². The molecule has 3 aromatic rings. The average Bonchev–Trinajstić information content (AvgIpc) is 3.00. The van der Waals surface area contributed by atoms with E-state index in [1.165, 1.54) is 47.1 Å². The first-order valence-corrected chi connectivity index (χ1v) is 7.97. The SMILES string of the molecule is Cc1cc(NC(=O)COC(=O)c2cccc(F)c2)n(-c2ccc(F)cc2)n1. The lowest BCUT2D eigenvalue weighted by Crippen LogP contribution is -2.22. The predicted molar refractivity (Wildman–Crippen MR) is 93.6 cm³/mol. The first-order valence-electron chi connectivity index (χ1n) is 7.97. The molecule has 0 radical (unpaired) electrons. The molecule has 0 aliphatic carbocycles. The maximum atomic E-state index is 13.1. The summed E-state index contributed by atoms with van der Waals surface area (Å²) in [7, 11) is 0. The van der Waals surface area contributed by atoms with Gasteiger partial charge in [-0.2, -0.15) is 5.10 Å². The van der Waals surface area contributed by atoms with Crippen LogP contribution in [0, 0.1) is 18.6 Å². The molecule has 0 saturated heterocycles. The molecule has 1 heterocycles. The van der Waals surface area contributed by atoms with Gasteiger partial charge >= 0.3 is 5.97 Å². The Labute approximate surface area is 153 Å². The summed E-state index contributed by atoms with van der Waals surface area (Å²) in [5.41, 5.74) is 1.19. The summed E-state index contributed by atoms with van der Waals surface area (Å²) in [4.78, 5) is 24.0. The van der Waals surface area contributed by atoms with Crippen LogP contribution in [-0.4, -0.2) is 28.3 Å². The first-order chi connectivity index (χ1) is 12.9. The van der Waals surface area contributed by atoms with Crippen LogP contribution in [0.5, 0.6) is 0 Å². The third-order valence-corrected chi connectivity index (χ3v) is 3.56. The van der Waals surface area contributed by atoms with Crippen molar-refractivity contribution in [3.8, 4) is 5.69 Å². The lowest BCUT2D eigenvalue weighted by atomic mass is 10.2. The minimum absolute atomic E-state index is 0.00926. The molecule has 2 aromatic carbocycles. The van der Waals surface area contributed by atoms with E-state index in [0.717, 1.165) is 6.07 Å². The van der Waals surface area contributed by atoms with E-state index in [1.807, 2.05) is 0 Å². The molecule has 1 N–H and O–H groups in total. The lowest BCUT2D eigenvalue weighted by molar-refractivity contribution is -0.119. The van der Waals surface area contributed by atoms with Crippen molar-refractivity contribution in [3.63, 3.8) is 0 Å². The van der Waals surface area contributed by atoms with Crippen molar-refractivity contribution in [1.82, 2.24) is 9.78 Å². The van der Waals surface area contributed by atoms with Crippen LogP contribution in [0.1, 0.15) is 16.1 Å². The van der Waals surface area contributed by atoms with E-state index >= 15 is 0 Å². The van der Waals surface area contributed by atoms with Gasteiger partial charge in [0, 0.05) is 6.07 Å². The van der Waals surface area contributed by atoms with Crippen LogP contribution < -0.4 is 5.32 Å². The second-order valence-electron chi connectivity index (χ2n) is 5.69. The van der Waals surface area contributed by atoms with Gasteiger partial charge in [-0.25, -0.2) is 18.3 Å². The highest BCUT2D eigenvalue weighted by Crippen LogP contribution is 2.17. The normalized spacial score (nSPS) is 10.5. The van der Waals surface area contributed by atoms with Crippen LogP contribution in [0.2, 0.25) is 0 Å². The highest BCUT2D eigenvalue weighted by atomic mass is 19.1. The summed E-state index contributed by atoms with van der Waals surface area (Å²) in [6, 6.07) is 12.2. The zero-order valence-corrected chi connectivity index (χ0v) is 14.3. The highest BCUT2D eigenvalue weighted by molar-refractivity contribution is 5.95. The van der Waals surface area contributed by atoms with Crippen LogP contribution in [0.15, 0.2) is 54.6 Å². The quantitative estimate of drug-likeness (QED) is 0.699. The van der Waals surface area contributed by atoms with Gasteiger partial charge in [0.2, 0.25) is 0 Å². The summed E-state index contributed by atoms with van der Waals surface area (Å²) >= 11 is 0. The number of amides is 1. The molecule has 1 aromatic heterocycles. The Bertz CT molecular complexity index is 984. The summed E-state index contributed by atoms with van der Waals surface area (Å²) in [6.45, 7) is 1.18. The molecular weight excluding hydrogens is 356 g/mol. The molecule has 138 valence electrons. The fraction of sp³-hybridized carbons (Fsp3) is 0.105. The maximum Gasteiger partial charge on any atom is 0.338 e. The molecule has 0 saturated carbocycles. The van der Waals surface area contributed by atoms with Gasteiger partial charge < -0.3 is 10.1 Å². The van der Waals surface area contributed by atoms with Crippen molar-refractivity contribution in [2.24, 2.45) is 0 Å². The topological polar surface area (TPSA) is 73.2 Å². The van der Waals surface area contributed by atoms with Gasteiger partial charge in [-0.15, -0.1) is 0 Å². The third kappa shape index (κ3) is 4.55. The third-order valence-electron chi connectivity index (χ3n) is 3.56. The number of nitrogens with zero attached hydrogens (tertiary/aromatic N) is 2. The molecule has 0 aliphatic rings. The van der Waals surface area contributed by atoms with E-state index in [-0.39, 0.29) is 5.56 Å². The second-order valence-corrected chi connectivity index (χ2v) is 5.69. The Morgan fingerprint density at radius 2 is 1.81 bits per heavy atom. The number of rotatable bonds is 5. The number of carbonyl (C=O) groups excluding carboxylic acids is 2. The Kier molecular flexibility index (Phi) is 5.25. The summed E-state index contributed by atoms with van der Waals surface area (Å²) in [5.74, 6) is -2.04. The molecule has 8 heteroatoms. The summed E-state index contributed by atoms with van der Waals surface area (Å²) in [5, 5.41) is 6.83. The second kappa shape index (κ2) is 7.77. The molecular formula is C19H15F2N3O3. The van der Waals surface area contributed by atoms with Gasteiger partial charge in [-0.05, 0) is 49.4 Å². The zero-order valence-electron chi connectivity index (χ0n) is 14.3. The van der Waals surface area contributed by atoms with Crippen LogP contribution in [0.4, 0.5) is 14.6 Å². The molecule has 0 aliphatic heterocycles. The van der Waals surface area contributed by atoms with Crippen molar-refractivity contribution in [3.05, 3.63) is 77.5 Å². The van der Waals surface area contributed by atoms with Crippen molar-refractivity contribution < 1.29 is 23.1 Å². The summed E-state index contributed by atoms with van der Waals surface area (Å²) < 4.78 is 32.5. The molecule has 6 nitrogen and oxygen atoms in total. The van der Waals surface area contributed by atoms with E-state index < -0.39 is 30.1 Å². The smallest absolute Gasteiger partial charge is 0.338 e. The number of nitrogens with one attached hydrogen (secondary N) is 1. The van der Waals surface area contributed by atoms with Crippen LogP contribution in [0.3, 0.4) is 0 Å². The number of halogens is 2. The van der Waals surface area contributed by atoms with Gasteiger partial charge in [0.25, 0.3) is 5.91 Å². The maximum absolute atomic E-state index is 13.1. The van der Waals surface area contributed by atoms with E-state index in [1.54, 1.807) is 13.0 Å². The monoisotopic (exact) mass is 371 g/mol. The lowest BCUT2D eigenvalue weighted by Gasteiger charge is -2.09. The van der Waals surface area contributed by atoms with Gasteiger partial charge in [-0.3, -0.25) is 4.79 Å². The average molecular weight is 371 g/mol. The van der Waals surface area contributed by atoms with Crippen LogP contribution >= 0.6 is 0 Å². The van der Waals surface area contributed by atoms with E-state index in [4.69, 9.17) is 4.74 Å². The van der Waals surface area contributed by atoms with E-state index in [0.29, 0.717) is 17.2 Å². The number of hydrogen-bond acceptors (Lipinski definition) is 4. The van der Waals surface area contributed by atoms with Crippen LogP contribution in [0.25, 0.3) is 5.69 Å². The Hall–Kier alpha value is -3.55. The molecule has 1 amide bonds. The number of hydrogen-bond donors (Lipinski definition) is 1. The highest BCUT2D eigenvalue weighted by Gasteiger charge is 2.14. The van der Waals surface area contributed by atoms with Crippen molar-refractivity contribution in [2.75, 3.05) is 11.9 Å². The Balaban J connectivity index is 1.66. The van der Waals surface area contributed by atoms with Gasteiger partial charge in [0.15, 0.2) is 6.61 Å². The molecule has 0 fully saturated rings. The molecule has 0 spiro atoms. The number of benzene rings is 2.